The van der Waals surface area contributed by atoms with Gasteiger partial charge in [0.15, 0.2) is 0 Å². The van der Waals surface area contributed by atoms with Gasteiger partial charge in [-0.2, -0.15) is 26.3 Å². The summed E-state index contributed by atoms with van der Waals surface area (Å²) in [4.78, 5) is 16.2. The molecule has 0 aliphatic carbocycles. The lowest BCUT2D eigenvalue weighted by molar-refractivity contribution is -0.139. The quantitative estimate of drug-likeness (QED) is 0.505. The molecule has 1 aromatic heterocycles. The third kappa shape index (κ3) is 6.86. The van der Waals surface area contributed by atoms with Crippen LogP contribution < -0.4 is 10.6 Å². The van der Waals surface area contributed by atoms with Crippen molar-refractivity contribution in [2.45, 2.75) is 57.5 Å². The second-order valence-electron chi connectivity index (χ2n) is 7.15. The number of amides is 2. The lowest BCUT2D eigenvalue weighted by Crippen LogP contribution is -2.43. The van der Waals surface area contributed by atoms with Crippen molar-refractivity contribution in [3.05, 3.63) is 65.0 Å². The molecule has 2 atom stereocenters. The van der Waals surface area contributed by atoms with Gasteiger partial charge >= 0.3 is 18.4 Å². The summed E-state index contributed by atoms with van der Waals surface area (Å²) in [7, 11) is 0. The number of nitrogens with zero attached hydrogens (tertiary/aromatic N) is 1. The minimum absolute atomic E-state index is 0.0357. The maximum atomic E-state index is 13.5. The van der Waals surface area contributed by atoms with Gasteiger partial charge in [-0.3, -0.25) is 4.98 Å². The average Bonchev–Trinajstić information content (AvgIpc) is 2.69. The first-order chi connectivity index (χ1) is 14.4. The maximum Gasteiger partial charge on any atom is 0.418 e. The zero-order valence-corrected chi connectivity index (χ0v) is 16.9. The molecule has 170 valence electrons. The summed E-state index contributed by atoms with van der Waals surface area (Å²) in [5, 5.41) is 5.07. The third-order valence-electron chi connectivity index (χ3n) is 4.63. The molecular weight excluding hydrogens is 424 g/mol. The highest BCUT2D eigenvalue weighted by Gasteiger charge is 2.37. The van der Waals surface area contributed by atoms with E-state index in [1.54, 1.807) is 6.92 Å². The van der Waals surface area contributed by atoms with E-state index >= 15 is 0 Å². The summed E-state index contributed by atoms with van der Waals surface area (Å²) < 4.78 is 79.2. The molecule has 0 saturated carbocycles. The molecule has 2 rings (SSSR count). The molecule has 1 heterocycles. The summed E-state index contributed by atoms with van der Waals surface area (Å²) in [6, 6.07) is 3.09. The van der Waals surface area contributed by atoms with Crippen LogP contribution in [0.3, 0.4) is 0 Å². The van der Waals surface area contributed by atoms with Gasteiger partial charge in [0.05, 0.1) is 22.9 Å². The molecule has 0 fully saturated rings. The SMILES string of the molecule is CCCCC(C)NC(=O)N[C@@H](c1ccc(C(F)(F)F)cc1)c1ncccc1C(F)(F)F. The number of hydrogen-bond acceptors (Lipinski definition) is 2. The van der Waals surface area contributed by atoms with E-state index in [2.05, 4.69) is 15.6 Å². The van der Waals surface area contributed by atoms with Crippen LogP contribution >= 0.6 is 0 Å². The first-order valence-corrected chi connectivity index (χ1v) is 9.69. The number of nitrogens with one attached hydrogen (secondary N) is 2. The van der Waals surface area contributed by atoms with Crippen LogP contribution in [0.4, 0.5) is 31.1 Å². The van der Waals surface area contributed by atoms with Crippen molar-refractivity contribution in [2.24, 2.45) is 0 Å². The second kappa shape index (κ2) is 10.0. The highest BCUT2D eigenvalue weighted by atomic mass is 19.4. The normalized spacial score (nSPS) is 14.1. The van der Waals surface area contributed by atoms with Gasteiger partial charge in [-0.1, -0.05) is 31.9 Å². The molecule has 1 unspecified atom stereocenters. The fraction of sp³-hybridized carbons (Fsp3) is 0.429. The summed E-state index contributed by atoms with van der Waals surface area (Å²) in [6.45, 7) is 3.73. The van der Waals surface area contributed by atoms with Crippen LogP contribution in [0.5, 0.6) is 0 Å². The topological polar surface area (TPSA) is 54.0 Å². The number of alkyl halides is 6. The van der Waals surface area contributed by atoms with Gasteiger partial charge in [0.1, 0.15) is 0 Å². The third-order valence-corrected chi connectivity index (χ3v) is 4.63. The van der Waals surface area contributed by atoms with E-state index in [0.29, 0.717) is 6.42 Å². The molecule has 0 bridgehead atoms. The van der Waals surface area contributed by atoms with Crippen molar-refractivity contribution < 1.29 is 31.1 Å². The van der Waals surface area contributed by atoms with E-state index in [9.17, 15) is 31.1 Å². The number of benzene rings is 1. The number of halogens is 6. The van der Waals surface area contributed by atoms with Crippen LogP contribution in [0.2, 0.25) is 0 Å². The van der Waals surface area contributed by atoms with Gasteiger partial charge in [-0.15, -0.1) is 0 Å². The van der Waals surface area contributed by atoms with E-state index < -0.39 is 41.2 Å². The Hall–Kier alpha value is -2.78. The monoisotopic (exact) mass is 447 g/mol. The molecule has 0 aliphatic heterocycles. The molecule has 1 aromatic carbocycles. The number of unbranched alkanes of at least 4 members (excludes halogenated alkanes) is 1. The Labute approximate surface area is 176 Å². The summed E-state index contributed by atoms with van der Waals surface area (Å²) in [5.41, 5.74) is -2.51. The lowest BCUT2D eigenvalue weighted by Gasteiger charge is -2.24. The molecule has 2 N–H and O–H groups in total. The number of aromatic nitrogens is 1. The summed E-state index contributed by atoms with van der Waals surface area (Å²) in [6.07, 6.45) is -5.81. The van der Waals surface area contributed by atoms with Crippen molar-refractivity contribution in [1.29, 1.82) is 0 Å². The lowest BCUT2D eigenvalue weighted by atomic mass is 9.98. The van der Waals surface area contributed by atoms with Gasteiger partial charge in [-0.25, -0.2) is 4.79 Å². The first kappa shape index (κ1) is 24.5. The van der Waals surface area contributed by atoms with Crippen molar-refractivity contribution >= 4 is 6.03 Å². The largest absolute Gasteiger partial charge is 0.418 e. The number of hydrogen-bond donors (Lipinski definition) is 2. The van der Waals surface area contributed by atoms with E-state index in [4.69, 9.17) is 0 Å². The van der Waals surface area contributed by atoms with Gasteiger partial charge in [-0.05, 0) is 43.2 Å². The Balaban J connectivity index is 2.41. The number of carbonyl (C=O) groups excluding carboxylic acids is 1. The molecule has 0 aliphatic rings. The van der Waals surface area contributed by atoms with Crippen LogP contribution in [-0.4, -0.2) is 17.1 Å². The van der Waals surface area contributed by atoms with Crippen LogP contribution in [-0.2, 0) is 12.4 Å². The van der Waals surface area contributed by atoms with Crippen molar-refractivity contribution in [3.63, 3.8) is 0 Å². The molecule has 10 heteroatoms. The van der Waals surface area contributed by atoms with Crippen molar-refractivity contribution in [1.82, 2.24) is 15.6 Å². The Bertz CT molecular complexity index is 865. The maximum absolute atomic E-state index is 13.5. The van der Waals surface area contributed by atoms with Gasteiger partial charge in [0.25, 0.3) is 0 Å². The molecule has 31 heavy (non-hydrogen) atoms. The predicted molar refractivity (Wildman–Crippen MR) is 103 cm³/mol. The van der Waals surface area contributed by atoms with E-state index in [1.807, 2.05) is 6.92 Å². The average molecular weight is 447 g/mol. The van der Waals surface area contributed by atoms with Crippen LogP contribution in [0.1, 0.15) is 61.5 Å². The fourth-order valence-electron chi connectivity index (χ4n) is 3.04. The zero-order chi connectivity index (χ0) is 23.2. The molecule has 0 saturated heterocycles. The van der Waals surface area contributed by atoms with Gasteiger partial charge < -0.3 is 10.6 Å². The summed E-state index contributed by atoms with van der Waals surface area (Å²) in [5.74, 6) is 0. The highest BCUT2D eigenvalue weighted by molar-refractivity contribution is 5.75. The molecule has 0 spiro atoms. The molecule has 0 radical (unpaired) electrons. The molecular formula is C21H23F6N3O. The highest BCUT2D eigenvalue weighted by Crippen LogP contribution is 2.36. The van der Waals surface area contributed by atoms with Gasteiger partial charge in [0.2, 0.25) is 0 Å². The van der Waals surface area contributed by atoms with Crippen molar-refractivity contribution in [3.8, 4) is 0 Å². The van der Waals surface area contributed by atoms with Gasteiger partial charge in [0, 0.05) is 12.2 Å². The Kier molecular flexibility index (Phi) is 7.91. The zero-order valence-electron chi connectivity index (χ0n) is 16.9. The Morgan fingerprint density at radius 1 is 1.00 bits per heavy atom. The minimum Gasteiger partial charge on any atom is -0.336 e. The molecule has 2 aromatic rings. The van der Waals surface area contributed by atoms with E-state index in [0.717, 1.165) is 55.4 Å². The van der Waals surface area contributed by atoms with Crippen LogP contribution in [0.25, 0.3) is 0 Å². The number of urea groups is 1. The standard InChI is InChI=1S/C21H23F6N3O/c1-3-4-6-13(2)29-19(31)30-17(14-8-10-15(11-9-14)20(22,23)24)18-16(21(25,26)27)7-5-12-28-18/h5,7-13,17H,3-4,6H2,1-2H3,(H2,29,30,31)/t13?,17-/m0/s1. The smallest absolute Gasteiger partial charge is 0.336 e. The van der Waals surface area contributed by atoms with E-state index in [-0.39, 0.29) is 11.6 Å². The van der Waals surface area contributed by atoms with Crippen molar-refractivity contribution in [2.75, 3.05) is 0 Å². The molecule has 2 amide bonds. The first-order valence-electron chi connectivity index (χ1n) is 9.69. The minimum atomic E-state index is -4.76. The number of carbonyl (C=O) groups is 1. The van der Waals surface area contributed by atoms with E-state index in [1.165, 1.54) is 0 Å². The second-order valence-corrected chi connectivity index (χ2v) is 7.15. The molecule has 4 nitrogen and oxygen atoms in total. The number of pyridine rings is 1. The van der Waals surface area contributed by atoms with Crippen LogP contribution in [0, 0.1) is 0 Å². The fourth-order valence-corrected chi connectivity index (χ4v) is 3.04. The Morgan fingerprint density at radius 3 is 2.19 bits per heavy atom. The predicted octanol–water partition coefficient (Wildman–Crippen LogP) is 6.09. The number of rotatable bonds is 7. The Morgan fingerprint density at radius 2 is 1.65 bits per heavy atom. The summed E-state index contributed by atoms with van der Waals surface area (Å²) >= 11 is 0. The van der Waals surface area contributed by atoms with Crippen LogP contribution in [0.15, 0.2) is 42.6 Å².